The minimum Gasteiger partial charge on any atom is -0.478 e. The molecule has 0 aliphatic carbocycles. The summed E-state index contributed by atoms with van der Waals surface area (Å²) < 4.78 is 9.52. The second kappa shape index (κ2) is 39.4. The Labute approximate surface area is 553 Å². The molecule has 0 saturated heterocycles. The third-order valence-corrected chi connectivity index (χ3v) is 15.2. The lowest BCUT2D eigenvalue weighted by atomic mass is 10.00. The van der Waals surface area contributed by atoms with Gasteiger partial charge >= 0.3 is 17.9 Å². The Morgan fingerprint density at radius 3 is 1.30 bits per heavy atom. The number of nitrogens with one attached hydrogen (secondary N) is 3. The molecule has 2 heterocycles. The zero-order valence-corrected chi connectivity index (χ0v) is 52.7. The molecule has 22 heteroatoms. The van der Waals surface area contributed by atoms with Crippen LogP contribution in [0.4, 0.5) is 0 Å². The highest BCUT2D eigenvalue weighted by Crippen LogP contribution is 2.34. The molecule has 0 bridgehead atoms. The van der Waals surface area contributed by atoms with Crippen LogP contribution in [-0.2, 0) is 41.5 Å². The lowest BCUT2D eigenvalue weighted by Gasteiger charge is -2.18. The number of carbonyl (C=O) groups is 8. The Balaban J connectivity index is 0.000000386. The molecule has 0 unspecified atom stereocenters. The Hall–Kier alpha value is -7.71. The minimum absolute atomic E-state index is 0. The number of carbonyl (C=O) groups excluding carboxylic acids is 7. The van der Waals surface area contributed by atoms with Gasteiger partial charge in [-0.15, -0.1) is 0 Å². The summed E-state index contributed by atoms with van der Waals surface area (Å²) in [6.45, 7) is 1.41. The molecule has 6 aromatic carbocycles. The molecule has 0 fully saturated rings. The number of amides is 3. The molecule has 90 heavy (non-hydrogen) atoms. The van der Waals surface area contributed by atoms with Gasteiger partial charge in [0.15, 0.2) is 5.78 Å². The fraction of sp³-hybridized carbons (Fsp3) is 0.324. The van der Waals surface area contributed by atoms with Crippen LogP contribution in [0.1, 0.15) is 132 Å². The van der Waals surface area contributed by atoms with Crippen molar-refractivity contribution in [1.82, 2.24) is 16.0 Å². The highest BCUT2D eigenvalue weighted by molar-refractivity contribution is 7.59. The molecule has 0 radical (unpaired) electrons. The summed E-state index contributed by atoms with van der Waals surface area (Å²) in [6.07, 6.45) is 8.11. The number of halogens is 4. The SMILES string of the molecule is C.C.COC(=O)[C@H](CCC(=O)CN)NC(=O)c1c(Cl)cc(-c2ccccc2)cc1Cl.COC(=O)[C@H](CCC(=O)CNC(=O)c1cccc(CC2=NCCCC2)c1)NC(=O)c1c(Cl)cc(-c2ccccc2)cc1Cl.O=C(O)c1cccc(CC2=NCCCC2)c1.S. The van der Waals surface area contributed by atoms with E-state index in [0.717, 1.165) is 84.3 Å². The van der Waals surface area contributed by atoms with E-state index in [1.807, 2.05) is 84.9 Å². The summed E-state index contributed by atoms with van der Waals surface area (Å²) in [5.74, 6) is -4.49. The number of carboxylic acids is 1. The van der Waals surface area contributed by atoms with Crippen molar-refractivity contribution >= 4 is 119 Å². The summed E-state index contributed by atoms with van der Waals surface area (Å²) in [5, 5.41) is 17.1. The van der Waals surface area contributed by atoms with E-state index in [1.54, 1.807) is 48.5 Å². The average Bonchev–Trinajstić information content (AvgIpc) is 1.91. The van der Waals surface area contributed by atoms with E-state index in [9.17, 15) is 38.4 Å². The first-order valence-electron chi connectivity index (χ1n) is 28.2. The second-order valence-electron chi connectivity index (χ2n) is 20.4. The van der Waals surface area contributed by atoms with E-state index in [2.05, 4.69) is 25.9 Å². The number of Topliss-reactive ketones (excluding diaryl/α,β-unsaturated/α-hetero) is 2. The molecular weight excluding hydrogens is 1250 g/mol. The predicted molar refractivity (Wildman–Crippen MR) is 364 cm³/mol. The van der Waals surface area contributed by atoms with Gasteiger partial charge in [0.05, 0.1) is 64.1 Å². The Bertz CT molecular complexity index is 3450. The van der Waals surface area contributed by atoms with Crippen molar-refractivity contribution in [2.75, 3.05) is 40.4 Å². The normalized spacial score (nSPS) is 12.8. The van der Waals surface area contributed by atoms with Crippen molar-refractivity contribution in [2.45, 2.75) is 104 Å². The monoisotopic (exact) mass is 1330 g/mol. The number of aliphatic imine (C=N–C) groups is 2. The molecule has 2 aliphatic heterocycles. The molecule has 480 valence electrons. The van der Waals surface area contributed by atoms with Crippen molar-refractivity contribution in [3.63, 3.8) is 0 Å². The molecular formula is C68H78Cl4N6O11S. The van der Waals surface area contributed by atoms with Crippen LogP contribution in [0.3, 0.4) is 0 Å². The topological polar surface area (TPSA) is 262 Å². The molecule has 17 nitrogen and oxygen atoms in total. The fourth-order valence-corrected chi connectivity index (χ4v) is 10.7. The number of ketones is 2. The standard InChI is InChI=1S/C33H33Cl2N3O5.C20H20Cl2N2O4.C13H15NO2.2CH4.H2S/c1-43-33(42)29(38-32(41)30-27(34)18-24(19-28(30)35)22-9-3-2-4-10-22)14-13-26(39)20-37-31(40)23-11-7-8-21(16-23)17-25-12-5-6-15-36-25;1-28-20(27)17(8-7-14(25)11-23)24-19(26)18-15(21)9-13(10-16(18)22)12-5-3-2-4-6-12;15-13(16)11-5-3-4-10(8-11)9-12-6-1-2-7-14-12;;;/h2-4,7-11,16,18-19,29H,5-6,12-15,17,20H2,1H3,(H,37,40)(H,38,41);2-6,9-10,17H,7-8,11,23H2,1H3,(H,24,26);3-5,8H,1-2,6-7,9H2,(H,15,16);2*1H4;1H2/t29-;17-;;;;/m00..../s1. The van der Waals surface area contributed by atoms with Crippen LogP contribution in [0.25, 0.3) is 22.3 Å². The van der Waals surface area contributed by atoms with Crippen LogP contribution in [0.15, 0.2) is 143 Å². The first-order chi connectivity index (χ1) is 41.9. The van der Waals surface area contributed by atoms with Crippen molar-refractivity contribution in [1.29, 1.82) is 0 Å². The van der Waals surface area contributed by atoms with Crippen LogP contribution in [-0.4, -0.2) is 116 Å². The number of ether oxygens (including phenoxy) is 2. The Morgan fingerprint density at radius 2 is 0.922 bits per heavy atom. The van der Waals surface area contributed by atoms with Gasteiger partial charge in [-0.3, -0.25) is 34.0 Å². The van der Waals surface area contributed by atoms with Gasteiger partial charge in [0, 0.05) is 55.8 Å². The average molecular weight is 1330 g/mol. The first-order valence-corrected chi connectivity index (χ1v) is 29.7. The van der Waals surface area contributed by atoms with E-state index in [0.29, 0.717) is 17.5 Å². The van der Waals surface area contributed by atoms with Crippen LogP contribution in [0, 0.1) is 0 Å². The molecule has 0 aromatic heterocycles. The van der Waals surface area contributed by atoms with Crippen LogP contribution in [0.2, 0.25) is 20.1 Å². The van der Waals surface area contributed by atoms with Gasteiger partial charge in [0.2, 0.25) is 0 Å². The molecule has 2 aliphatic rings. The van der Waals surface area contributed by atoms with E-state index < -0.39 is 41.8 Å². The maximum Gasteiger partial charge on any atom is 0.335 e. The maximum absolute atomic E-state index is 13.1. The van der Waals surface area contributed by atoms with Crippen molar-refractivity contribution < 1.29 is 52.9 Å². The molecule has 2 atom stereocenters. The molecule has 8 rings (SSSR count). The maximum atomic E-state index is 13.1. The molecule has 6 N–H and O–H groups in total. The summed E-state index contributed by atoms with van der Waals surface area (Å²) in [6, 6.07) is 37.6. The van der Waals surface area contributed by atoms with Gasteiger partial charge in [-0.05, 0) is 133 Å². The van der Waals surface area contributed by atoms with Gasteiger partial charge in [-0.1, -0.05) is 146 Å². The van der Waals surface area contributed by atoms with Gasteiger partial charge in [0.25, 0.3) is 17.7 Å². The zero-order valence-electron chi connectivity index (χ0n) is 48.7. The number of methoxy groups -OCH3 is 2. The van der Waals surface area contributed by atoms with E-state index >= 15 is 0 Å². The number of nitrogens with two attached hydrogens (primary N) is 1. The first kappa shape index (κ1) is 76.5. The second-order valence-corrected chi connectivity index (χ2v) is 22.0. The highest BCUT2D eigenvalue weighted by Gasteiger charge is 2.28. The zero-order chi connectivity index (χ0) is 62.8. The van der Waals surface area contributed by atoms with Crippen LogP contribution >= 0.6 is 59.9 Å². The van der Waals surface area contributed by atoms with Crippen molar-refractivity contribution in [3.05, 3.63) is 187 Å². The predicted octanol–water partition coefficient (Wildman–Crippen LogP) is 13.1. The number of hydrogen-bond acceptors (Lipinski definition) is 13. The summed E-state index contributed by atoms with van der Waals surface area (Å²) >= 11 is 25.4. The highest BCUT2D eigenvalue weighted by atomic mass is 35.5. The third-order valence-electron chi connectivity index (χ3n) is 14.0. The summed E-state index contributed by atoms with van der Waals surface area (Å²) in [5.41, 5.74) is 13.8. The van der Waals surface area contributed by atoms with Crippen LogP contribution in [0.5, 0.6) is 0 Å². The number of hydrogen-bond donors (Lipinski definition) is 5. The van der Waals surface area contributed by atoms with Gasteiger partial charge < -0.3 is 36.3 Å². The molecule has 6 aromatic rings. The Morgan fingerprint density at radius 1 is 0.522 bits per heavy atom. The summed E-state index contributed by atoms with van der Waals surface area (Å²) in [7, 11) is 2.38. The number of nitrogens with zero attached hydrogens (tertiary/aromatic N) is 2. The molecule has 3 amide bonds. The van der Waals surface area contributed by atoms with Gasteiger partial charge in [0.1, 0.15) is 17.9 Å². The lowest BCUT2D eigenvalue weighted by molar-refractivity contribution is -0.144. The van der Waals surface area contributed by atoms with Crippen LogP contribution < -0.4 is 21.7 Å². The molecule has 0 saturated carbocycles. The minimum atomic E-state index is -1.13. The fourth-order valence-electron chi connectivity index (χ4n) is 9.41. The van der Waals surface area contributed by atoms with Gasteiger partial charge in [-0.2, -0.15) is 13.5 Å². The third kappa shape index (κ3) is 23.9. The van der Waals surface area contributed by atoms with E-state index in [1.165, 1.54) is 32.8 Å². The smallest absolute Gasteiger partial charge is 0.335 e. The van der Waals surface area contributed by atoms with E-state index in [4.69, 9.17) is 66.7 Å². The van der Waals surface area contributed by atoms with Gasteiger partial charge in [-0.25, -0.2) is 14.4 Å². The van der Waals surface area contributed by atoms with Crippen molar-refractivity contribution in [3.8, 4) is 22.3 Å². The largest absolute Gasteiger partial charge is 0.478 e. The number of benzene rings is 6. The number of esters is 2. The summed E-state index contributed by atoms with van der Waals surface area (Å²) in [4.78, 5) is 107. The quantitative estimate of drug-likeness (QED) is 0.0375. The molecule has 0 spiro atoms. The number of carboxylic acid groups (broad SMARTS) is 1. The van der Waals surface area contributed by atoms with E-state index in [-0.39, 0.29) is 116 Å². The number of aromatic carboxylic acids is 1. The van der Waals surface area contributed by atoms with Crippen molar-refractivity contribution in [2.24, 2.45) is 15.7 Å². The Kier molecular flexibility index (Phi) is 33.5. The number of rotatable bonds is 23. The lowest BCUT2D eigenvalue weighted by Crippen LogP contribution is -2.42.